The molecule has 3 heteroatoms. The highest BCUT2D eigenvalue weighted by atomic mass is 15.1. The minimum Gasteiger partial charge on any atom is -0.303 e. The summed E-state index contributed by atoms with van der Waals surface area (Å²) < 4.78 is 0. The van der Waals surface area contributed by atoms with E-state index in [-0.39, 0.29) is 6.04 Å². The SMILES string of the molecule is CN(CCC(C#N)NC1CC1)C1CCC1. The van der Waals surface area contributed by atoms with Gasteiger partial charge in [-0.05, 0) is 39.2 Å². The van der Waals surface area contributed by atoms with Crippen LogP contribution in [0.1, 0.15) is 38.5 Å². The molecule has 15 heavy (non-hydrogen) atoms. The highest BCUT2D eigenvalue weighted by molar-refractivity contribution is 4.96. The minimum absolute atomic E-state index is 0.0695. The number of nitriles is 1. The molecule has 0 heterocycles. The van der Waals surface area contributed by atoms with Gasteiger partial charge in [-0.1, -0.05) is 6.42 Å². The zero-order valence-electron chi connectivity index (χ0n) is 9.58. The van der Waals surface area contributed by atoms with Gasteiger partial charge in [0.25, 0.3) is 0 Å². The summed E-state index contributed by atoms with van der Waals surface area (Å²) >= 11 is 0. The fraction of sp³-hybridized carbons (Fsp3) is 0.917. The van der Waals surface area contributed by atoms with Crippen molar-refractivity contribution < 1.29 is 0 Å². The van der Waals surface area contributed by atoms with Crippen LogP contribution in [0.15, 0.2) is 0 Å². The molecule has 0 aromatic heterocycles. The maximum atomic E-state index is 8.99. The molecule has 2 rings (SSSR count). The van der Waals surface area contributed by atoms with E-state index in [1.807, 2.05) is 0 Å². The fourth-order valence-corrected chi connectivity index (χ4v) is 2.06. The Balaban J connectivity index is 1.63. The van der Waals surface area contributed by atoms with E-state index in [1.54, 1.807) is 0 Å². The van der Waals surface area contributed by atoms with Crippen molar-refractivity contribution in [3.05, 3.63) is 0 Å². The van der Waals surface area contributed by atoms with E-state index >= 15 is 0 Å². The first-order valence-electron chi connectivity index (χ1n) is 6.15. The highest BCUT2D eigenvalue weighted by Gasteiger charge is 2.26. The molecular formula is C12H21N3. The van der Waals surface area contributed by atoms with Gasteiger partial charge in [0, 0.05) is 18.6 Å². The zero-order chi connectivity index (χ0) is 10.7. The van der Waals surface area contributed by atoms with Gasteiger partial charge in [-0.15, -0.1) is 0 Å². The molecule has 0 amide bonds. The van der Waals surface area contributed by atoms with Crippen LogP contribution in [0.3, 0.4) is 0 Å². The quantitative estimate of drug-likeness (QED) is 0.717. The second-order valence-corrected chi connectivity index (χ2v) is 4.98. The first kappa shape index (κ1) is 10.9. The van der Waals surface area contributed by atoms with Gasteiger partial charge in [0.15, 0.2) is 0 Å². The molecule has 0 bridgehead atoms. The van der Waals surface area contributed by atoms with Gasteiger partial charge < -0.3 is 4.90 Å². The predicted molar refractivity (Wildman–Crippen MR) is 60.4 cm³/mol. The molecule has 0 aliphatic heterocycles. The molecule has 2 aliphatic rings. The summed E-state index contributed by atoms with van der Waals surface area (Å²) in [6, 6.07) is 3.87. The molecule has 1 atom stereocenters. The highest BCUT2D eigenvalue weighted by Crippen LogP contribution is 2.24. The van der Waals surface area contributed by atoms with Gasteiger partial charge in [0.1, 0.15) is 0 Å². The summed E-state index contributed by atoms with van der Waals surface area (Å²) in [4.78, 5) is 2.42. The zero-order valence-corrected chi connectivity index (χ0v) is 9.58. The average molecular weight is 207 g/mol. The molecule has 0 saturated heterocycles. The van der Waals surface area contributed by atoms with E-state index in [0.29, 0.717) is 6.04 Å². The third-order valence-electron chi connectivity index (χ3n) is 3.64. The van der Waals surface area contributed by atoms with Crippen LogP contribution in [0.5, 0.6) is 0 Å². The molecule has 84 valence electrons. The maximum absolute atomic E-state index is 8.99. The van der Waals surface area contributed by atoms with Crippen LogP contribution in [0.25, 0.3) is 0 Å². The number of nitrogens with zero attached hydrogens (tertiary/aromatic N) is 2. The summed E-state index contributed by atoms with van der Waals surface area (Å²) in [5.74, 6) is 0. The van der Waals surface area contributed by atoms with Crippen molar-refractivity contribution in [1.29, 1.82) is 5.26 Å². The molecule has 0 aromatic rings. The number of hydrogen-bond donors (Lipinski definition) is 1. The molecule has 3 nitrogen and oxygen atoms in total. The Morgan fingerprint density at radius 2 is 2.13 bits per heavy atom. The van der Waals surface area contributed by atoms with Crippen molar-refractivity contribution in [2.45, 2.75) is 56.7 Å². The molecule has 1 N–H and O–H groups in total. The topological polar surface area (TPSA) is 39.1 Å². The standard InChI is InChI=1S/C12H21N3/c1-15(12-3-2-4-12)8-7-11(9-13)14-10-5-6-10/h10-12,14H,2-8H2,1H3. The lowest BCUT2D eigenvalue weighted by atomic mass is 9.92. The van der Waals surface area contributed by atoms with E-state index < -0.39 is 0 Å². The van der Waals surface area contributed by atoms with Crippen LogP contribution in [-0.2, 0) is 0 Å². The van der Waals surface area contributed by atoms with Crippen molar-refractivity contribution in [3.63, 3.8) is 0 Å². The summed E-state index contributed by atoms with van der Waals surface area (Å²) in [6.07, 6.45) is 7.58. The van der Waals surface area contributed by atoms with Gasteiger partial charge >= 0.3 is 0 Å². The Bertz CT molecular complexity index is 238. The summed E-state index contributed by atoms with van der Waals surface area (Å²) in [6.45, 7) is 1.06. The van der Waals surface area contributed by atoms with Crippen LogP contribution in [0.4, 0.5) is 0 Å². The first-order chi connectivity index (χ1) is 7.29. The lowest BCUT2D eigenvalue weighted by Crippen LogP contribution is -2.40. The Kier molecular flexibility index (Phi) is 3.61. The van der Waals surface area contributed by atoms with Crippen LogP contribution in [0.2, 0.25) is 0 Å². The average Bonchev–Trinajstić information content (AvgIpc) is 2.92. The van der Waals surface area contributed by atoms with Crippen molar-refractivity contribution in [3.8, 4) is 6.07 Å². The molecule has 2 aliphatic carbocycles. The van der Waals surface area contributed by atoms with Gasteiger partial charge in [-0.25, -0.2) is 0 Å². The molecular weight excluding hydrogens is 186 g/mol. The molecule has 0 radical (unpaired) electrons. The Morgan fingerprint density at radius 3 is 2.60 bits per heavy atom. The molecule has 1 unspecified atom stereocenters. The van der Waals surface area contributed by atoms with Gasteiger partial charge in [-0.3, -0.25) is 5.32 Å². The van der Waals surface area contributed by atoms with Crippen LogP contribution in [0, 0.1) is 11.3 Å². The van der Waals surface area contributed by atoms with Crippen molar-refractivity contribution >= 4 is 0 Å². The number of rotatable bonds is 6. The predicted octanol–water partition coefficient (Wildman–Crippen LogP) is 1.50. The second-order valence-electron chi connectivity index (χ2n) is 4.98. The smallest absolute Gasteiger partial charge is 0.0967 e. The number of hydrogen-bond acceptors (Lipinski definition) is 3. The molecule has 0 spiro atoms. The van der Waals surface area contributed by atoms with Gasteiger partial charge in [0.2, 0.25) is 0 Å². The third-order valence-corrected chi connectivity index (χ3v) is 3.64. The second kappa shape index (κ2) is 4.96. The number of nitrogens with one attached hydrogen (secondary N) is 1. The van der Waals surface area contributed by atoms with Crippen LogP contribution < -0.4 is 5.32 Å². The lowest BCUT2D eigenvalue weighted by Gasteiger charge is -2.35. The van der Waals surface area contributed by atoms with E-state index in [2.05, 4.69) is 23.3 Å². The fourth-order valence-electron chi connectivity index (χ4n) is 2.06. The normalized spacial score (nSPS) is 23.5. The van der Waals surface area contributed by atoms with E-state index in [1.165, 1.54) is 32.1 Å². The van der Waals surface area contributed by atoms with Crippen molar-refractivity contribution in [1.82, 2.24) is 10.2 Å². The van der Waals surface area contributed by atoms with E-state index in [0.717, 1.165) is 19.0 Å². The van der Waals surface area contributed by atoms with Gasteiger partial charge in [-0.2, -0.15) is 5.26 Å². The summed E-state index contributed by atoms with van der Waals surface area (Å²) in [7, 11) is 2.19. The van der Waals surface area contributed by atoms with E-state index in [9.17, 15) is 0 Å². The molecule has 2 fully saturated rings. The Labute approximate surface area is 92.4 Å². The molecule has 0 aromatic carbocycles. The summed E-state index contributed by atoms with van der Waals surface area (Å²) in [5.41, 5.74) is 0. The Morgan fingerprint density at radius 1 is 1.40 bits per heavy atom. The minimum atomic E-state index is 0.0695. The maximum Gasteiger partial charge on any atom is 0.0967 e. The lowest BCUT2D eigenvalue weighted by molar-refractivity contribution is 0.155. The van der Waals surface area contributed by atoms with Crippen LogP contribution >= 0.6 is 0 Å². The van der Waals surface area contributed by atoms with Gasteiger partial charge in [0.05, 0.1) is 12.1 Å². The molecule has 2 saturated carbocycles. The Hall–Kier alpha value is -0.590. The first-order valence-corrected chi connectivity index (χ1v) is 6.15. The third kappa shape index (κ3) is 3.19. The largest absolute Gasteiger partial charge is 0.303 e. The monoisotopic (exact) mass is 207 g/mol. The summed E-state index contributed by atoms with van der Waals surface area (Å²) in [5, 5.41) is 12.4. The van der Waals surface area contributed by atoms with Crippen molar-refractivity contribution in [2.24, 2.45) is 0 Å². The van der Waals surface area contributed by atoms with E-state index in [4.69, 9.17) is 5.26 Å². The van der Waals surface area contributed by atoms with Crippen LogP contribution in [-0.4, -0.2) is 36.6 Å². The van der Waals surface area contributed by atoms with Crippen molar-refractivity contribution in [2.75, 3.05) is 13.6 Å².